The third-order valence-electron chi connectivity index (χ3n) is 3.78. The average molecular weight is 391 g/mol. The molecule has 0 aliphatic heterocycles. The molecular formula is C18H12F3N3O4. The zero-order valence-corrected chi connectivity index (χ0v) is 14.0. The van der Waals surface area contributed by atoms with Gasteiger partial charge in [-0.1, -0.05) is 29.4 Å². The van der Waals surface area contributed by atoms with Crippen molar-refractivity contribution < 1.29 is 32.4 Å². The Balaban J connectivity index is 1.85. The molecule has 28 heavy (non-hydrogen) atoms. The number of carbonyl (C=O) groups excluding carboxylic acids is 1. The zero-order chi connectivity index (χ0) is 20.3. The second kappa shape index (κ2) is 7.91. The van der Waals surface area contributed by atoms with Crippen LogP contribution >= 0.6 is 0 Å². The van der Waals surface area contributed by atoms with Gasteiger partial charge in [-0.25, -0.2) is 13.2 Å². The van der Waals surface area contributed by atoms with Crippen LogP contribution in [0.1, 0.15) is 28.6 Å². The van der Waals surface area contributed by atoms with E-state index in [0.29, 0.717) is 0 Å². The molecular weight excluding hydrogens is 379 g/mol. The highest BCUT2D eigenvalue weighted by molar-refractivity contribution is 5.91. The van der Waals surface area contributed by atoms with Gasteiger partial charge in [-0.3, -0.25) is 9.59 Å². The zero-order valence-electron chi connectivity index (χ0n) is 14.0. The third-order valence-corrected chi connectivity index (χ3v) is 3.78. The molecule has 0 aliphatic rings. The SMILES string of the molecule is O=C(O)C[C@H](NC(=O)c1noc(-c2cccc(F)c2F)n1)c1ccccc1F. The monoisotopic (exact) mass is 391 g/mol. The number of aliphatic carboxylic acids is 1. The molecule has 0 bridgehead atoms. The number of hydrogen-bond donors (Lipinski definition) is 2. The van der Waals surface area contributed by atoms with Gasteiger partial charge in [-0.05, 0) is 18.2 Å². The summed E-state index contributed by atoms with van der Waals surface area (Å²) in [5.74, 6) is -6.31. The fourth-order valence-corrected chi connectivity index (χ4v) is 2.49. The fraction of sp³-hybridized carbons (Fsp3) is 0.111. The minimum absolute atomic E-state index is 0.0434. The molecule has 144 valence electrons. The third kappa shape index (κ3) is 4.00. The number of aromatic nitrogens is 2. The van der Waals surface area contributed by atoms with Gasteiger partial charge in [-0.2, -0.15) is 4.98 Å². The van der Waals surface area contributed by atoms with Crippen LogP contribution in [0.4, 0.5) is 13.2 Å². The molecule has 2 aromatic carbocycles. The summed E-state index contributed by atoms with van der Waals surface area (Å²) >= 11 is 0. The van der Waals surface area contributed by atoms with Crippen molar-refractivity contribution in [3.8, 4) is 11.5 Å². The maximum absolute atomic E-state index is 14.0. The first-order chi connectivity index (χ1) is 13.4. The van der Waals surface area contributed by atoms with Crippen LogP contribution in [-0.2, 0) is 4.79 Å². The van der Waals surface area contributed by atoms with Crippen LogP contribution in [0, 0.1) is 17.5 Å². The molecule has 0 saturated carbocycles. The second-order valence-electron chi connectivity index (χ2n) is 5.67. The van der Waals surface area contributed by atoms with Crippen LogP contribution in [0.2, 0.25) is 0 Å². The van der Waals surface area contributed by atoms with Gasteiger partial charge in [0, 0.05) is 5.56 Å². The topological polar surface area (TPSA) is 105 Å². The van der Waals surface area contributed by atoms with E-state index >= 15 is 0 Å². The maximum atomic E-state index is 14.0. The smallest absolute Gasteiger partial charge is 0.305 e. The Morgan fingerprint density at radius 2 is 1.79 bits per heavy atom. The number of benzene rings is 2. The molecule has 7 nitrogen and oxygen atoms in total. The highest BCUT2D eigenvalue weighted by Crippen LogP contribution is 2.24. The van der Waals surface area contributed by atoms with Crippen molar-refractivity contribution in [2.45, 2.75) is 12.5 Å². The first kappa shape index (κ1) is 19.1. The van der Waals surface area contributed by atoms with Crippen molar-refractivity contribution in [2.24, 2.45) is 0 Å². The van der Waals surface area contributed by atoms with Crippen molar-refractivity contribution >= 4 is 11.9 Å². The molecule has 1 amide bonds. The number of amides is 1. The number of carboxylic acid groups (broad SMARTS) is 1. The van der Waals surface area contributed by atoms with E-state index in [-0.39, 0.29) is 11.1 Å². The second-order valence-corrected chi connectivity index (χ2v) is 5.67. The van der Waals surface area contributed by atoms with Gasteiger partial charge in [-0.15, -0.1) is 0 Å². The molecule has 10 heteroatoms. The van der Waals surface area contributed by atoms with E-state index in [0.717, 1.165) is 12.1 Å². The predicted molar refractivity (Wildman–Crippen MR) is 88.5 cm³/mol. The van der Waals surface area contributed by atoms with Crippen molar-refractivity contribution in [3.63, 3.8) is 0 Å². The minimum Gasteiger partial charge on any atom is -0.481 e. The number of rotatable bonds is 6. The molecule has 1 atom stereocenters. The molecule has 0 spiro atoms. The van der Waals surface area contributed by atoms with Crippen molar-refractivity contribution in [2.75, 3.05) is 0 Å². The summed E-state index contributed by atoms with van der Waals surface area (Å²) in [6.45, 7) is 0. The Morgan fingerprint density at radius 3 is 2.50 bits per heavy atom. The molecule has 0 aliphatic carbocycles. The fourth-order valence-electron chi connectivity index (χ4n) is 2.49. The van der Waals surface area contributed by atoms with E-state index in [4.69, 9.17) is 9.63 Å². The minimum atomic E-state index is -1.27. The van der Waals surface area contributed by atoms with Gasteiger partial charge in [0.15, 0.2) is 11.6 Å². The Hall–Kier alpha value is -3.69. The number of nitrogens with one attached hydrogen (secondary N) is 1. The van der Waals surface area contributed by atoms with Gasteiger partial charge < -0.3 is 14.9 Å². The lowest BCUT2D eigenvalue weighted by Gasteiger charge is -2.16. The molecule has 1 aromatic heterocycles. The highest BCUT2D eigenvalue weighted by atomic mass is 19.2. The summed E-state index contributed by atoms with van der Waals surface area (Å²) in [6.07, 6.45) is -0.601. The molecule has 1 heterocycles. The molecule has 3 rings (SSSR count). The largest absolute Gasteiger partial charge is 0.481 e. The lowest BCUT2D eigenvalue weighted by Crippen LogP contribution is -2.31. The Morgan fingerprint density at radius 1 is 1.07 bits per heavy atom. The average Bonchev–Trinajstić information content (AvgIpc) is 3.13. The van der Waals surface area contributed by atoms with Gasteiger partial charge in [0.2, 0.25) is 0 Å². The molecule has 0 fully saturated rings. The van der Waals surface area contributed by atoms with Crippen molar-refractivity contribution in [3.05, 3.63) is 71.3 Å². The van der Waals surface area contributed by atoms with Crippen LogP contribution in [0.5, 0.6) is 0 Å². The standard InChI is InChI=1S/C18H12F3N3O4/c19-11-6-2-1-4-9(11)13(8-14(25)26)22-17(27)16-23-18(28-24-16)10-5-3-7-12(20)15(10)21/h1-7,13H,8H2,(H,22,27)(H,25,26)/t13-/m0/s1. The lowest BCUT2D eigenvalue weighted by molar-refractivity contribution is -0.137. The van der Waals surface area contributed by atoms with Crippen molar-refractivity contribution in [1.82, 2.24) is 15.5 Å². The molecule has 0 unspecified atom stereocenters. The predicted octanol–water partition coefficient (Wildman–Crippen LogP) is 3.10. The number of nitrogens with zero attached hydrogens (tertiary/aromatic N) is 2. The first-order valence-electron chi connectivity index (χ1n) is 7.92. The van der Waals surface area contributed by atoms with Gasteiger partial charge in [0.25, 0.3) is 17.6 Å². The lowest BCUT2D eigenvalue weighted by atomic mass is 10.0. The first-order valence-corrected chi connectivity index (χ1v) is 7.92. The van der Waals surface area contributed by atoms with Crippen molar-refractivity contribution in [1.29, 1.82) is 0 Å². The normalized spacial score (nSPS) is 11.8. The Kier molecular flexibility index (Phi) is 5.39. The van der Waals surface area contributed by atoms with Crippen LogP contribution < -0.4 is 5.32 Å². The van der Waals surface area contributed by atoms with E-state index in [1.165, 1.54) is 30.3 Å². The Bertz CT molecular complexity index is 1040. The number of hydrogen-bond acceptors (Lipinski definition) is 5. The summed E-state index contributed by atoms with van der Waals surface area (Å²) in [5.41, 5.74) is -0.388. The number of halogens is 3. The molecule has 2 N–H and O–H groups in total. The molecule has 0 radical (unpaired) electrons. The van der Waals surface area contributed by atoms with E-state index in [2.05, 4.69) is 15.5 Å². The maximum Gasteiger partial charge on any atom is 0.305 e. The summed E-state index contributed by atoms with van der Waals surface area (Å²) in [7, 11) is 0. The van der Waals surface area contributed by atoms with E-state index in [9.17, 15) is 22.8 Å². The summed E-state index contributed by atoms with van der Waals surface area (Å²) in [6, 6.07) is 7.43. The van der Waals surface area contributed by atoms with E-state index < -0.39 is 53.5 Å². The van der Waals surface area contributed by atoms with Gasteiger partial charge in [0.1, 0.15) is 5.82 Å². The molecule has 3 aromatic rings. The summed E-state index contributed by atoms with van der Waals surface area (Å²) in [5, 5.41) is 14.7. The highest BCUT2D eigenvalue weighted by Gasteiger charge is 2.25. The van der Waals surface area contributed by atoms with Crippen LogP contribution in [0.25, 0.3) is 11.5 Å². The summed E-state index contributed by atoms with van der Waals surface area (Å²) < 4.78 is 45.9. The quantitative estimate of drug-likeness (QED) is 0.669. The number of carbonyl (C=O) groups is 2. The number of carboxylic acids is 1. The van der Waals surface area contributed by atoms with Crippen LogP contribution in [-0.4, -0.2) is 27.1 Å². The van der Waals surface area contributed by atoms with E-state index in [1.54, 1.807) is 0 Å². The van der Waals surface area contributed by atoms with Gasteiger partial charge in [0.05, 0.1) is 18.0 Å². The van der Waals surface area contributed by atoms with E-state index in [1.807, 2.05) is 0 Å². The Labute approximate surface area is 155 Å². The summed E-state index contributed by atoms with van der Waals surface area (Å²) in [4.78, 5) is 27.1. The van der Waals surface area contributed by atoms with Crippen LogP contribution in [0.3, 0.4) is 0 Å². The van der Waals surface area contributed by atoms with Crippen LogP contribution in [0.15, 0.2) is 47.0 Å². The van der Waals surface area contributed by atoms with Gasteiger partial charge >= 0.3 is 5.97 Å². The molecule has 0 saturated heterocycles.